The molecule has 0 radical (unpaired) electrons. The van der Waals surface area contributed by atoms with E-state index >= 15 is 0 Å². The number of hydrogen-bond donors (Lipinski definition) is 1. The van der Waals surface area contributed by atoms with Crippen LogP contribution in [0.2, 0.25) is 0 Å². The van der Waals surface area contributed by atoms with Crippen molar-refractivity contribution in [1.82, 2.24) is 4.98 Å². The van der Waals surface area contributed by atoms with E-state index in [1.54, 1.807) is 19.2 Å². The van der Waals surface area contributed by atoms with Crippen LogP contribution in [0.25, 0.3) is 0 Å². The highest BCUT2D eigenvalue weighted by Crippen LogP contribution is 2.13. The maximum atomic E-state index is 11.9. The number of carbonyl (C=O) groups excluding carboxylic acids is 1. The van der Waals surface area contributed by atoms with Gasteiger partial charge < -0.3 is 10.1 Å². The van der Waals surface area contributed by atoms with Crippen LogP contribution in [-0.4, -0.2) is 18.0 Å². The SMILES string of the molecule is COc1cccc(CC(=O)Nc2ccc(C#N)cn2)c1. The molecule has 0 saturated heterocycles. The number of carbonyl (C=O) groups is 1. The number of benzene rings is 1. The first-order valence-corrected chi connectivity index (χ1v) is 6.00. The Morgan fingerprint density at radius 2 is 2.25 bits per heavy atom. The lowest BCUT2D eigenvalue weighted by Crippen LogP contribution is -2.15. The summed E-state index contributed by atoms with van der Waals surface area (Å²) >= 11 is 0. The summed E-state index contributed by atoms with van der Waals surface area (Å²) in [5, 5.41) is 11.3. The quantitative estimate of drug-likeness (QED) is 0.920. The Kier molecular flexibility index (Phi) is 4.30. The van der Waals surface area contributed by atoms with Crippen LogP contribution in [-0.2, 0) is 11.2 Å². The van der Waals surface area contributed by atoms with Crippen LogP contribution in [0.1, 0.15) is 11.1 Å². The molecule has 2 aromatic rings. The number of hydrogen-bond acceptors (Lipinski definition) is 4. The van der Waals surface area contributed by atoms with Crippen molar-refractivity contribution in [2.75, 3.05) is 12.4 Å². The van der Waals surface area contributed by atoms with Crippen molar-refractivity contribution >= 4 is 11.7 Å². The number of rotatable bonds is 4. The Morgan fingerprint density at radius 1 is 1.40 bits per heavy atom. The molecule has 0 atom stereocenters. The molecule has 1 aromatic carbocycles. The number of nitrogens with zero attached hydrogens (tertiary/aromatic N) is 2. The third kappa shape index (κ3) is 3.56. The van der Waals surface area contributed by atoms with Crippen LogP contribution in [0.3, 0.4) is 0 Å². The van der Waals surface area contributed by atoms with Gasteiger partial charge in [0.15, 0.2) is 0 Å². The second-order valence-electron chi connectivity index (χ2n) is 4.12. The van der Waals surface area contributed by atoms with Gasteiger partial charge in [-0.2, -0.15) is 5.26 Å². The van der Waals surface area contributed by atoms with Gasteiger partial charge in [0.25, 0.3) is 0 Å². The summed E-state index contributed by atoms with van der Waals surface area (Å²) in [6.45, 7) is 0. The summed E-state index contributed by atoms with van der Waals surface area (Å²) in [5.74, 6) is 0.971. The molecule has 0 saturated carbocycles. The summed E-state index contributed by atoms with van der Waals surface area (Å²) in [6, 6.07) is 12.5. The number of aromatic nitrogens is 1. The lowest BCUT2D eigenvalue weighted by molar-refractivity contribution is -0.115. The third-order valence-corrected chi connectivity index (χ3v) is 2.66. The van der Waals surface area contributed by atoms with Crippen molar-refractivity contribution in [3.8, 4) is 11.8 Å². The molecule has 0 fully saturated rings. The smallest absolute Gasteiger partial charge is 0.229 e. The fraction of sp³-hybridized carbons (Fsp3) is 0.133. The van der Waals surface area contributed by atoms with Gasteiger partial charge in [-0.3, -0.25) is 4.79 Å². The minimum Gasteiger partial charge on any atom is -0.497 e. The van der Waals surface area contributed by atoms with Gasteiger partial charge in [-0.1, -0.05) is 12.1 Å². The summed E-state index contributed by atoms with van der Waals surface area (Å²) in [4.78, 5) is 15.9. The summed E-state index contributed by atoms with van der Waals surface area (Å²) in [5.41, 5.74) is 1.31. The maximum absolute atomic E-state index is 11.9. The molecule has 5 heteroatoms. The van der Waals surface area contributed by atoms with Crippen molar-refractivity contribution in [2.45, 2.75) is 6.42 Å². The number of nitrogens with one attached hydrogen (secondary N) is 1. The largest absolute Gasteiger partial charge is 0.497 e. The molecule has 0 aliphatic heterocycles. The zero-order valence-electron chi connectivity index (χ0n) is 11.0. The van der Waals surface area contributed by atoms with Gasteiger partial charge in [-0.25, -0.2) is 4.98 Å². The van der Waals surface area contributed by atoms with E-state index in [0.717, 1.165) is 5.56 Å². The molecule has 1 heterocycles. The number of methoxy groups -OCH3 is 1. The van der Waals surface area contributed by atoms with Gasteiger partial charge in [-0.15, -0.1) is 0 Å². The Balaban J connectivity index is 1.99. The molecule has 0 spiro atoms. The Morgan fingerprint density at radius 3 is 2.90 bits per heavy atom. The van der Waals surface area contributed by atoms with Gasteiger partial charge in [0.1, 0.15) is 17.6 Å². The normalized spacial score (nSPS) is 9.60. The molecule has 0 unspecified atom stereocenters. The molecular weight excluding hydrogens is 254 g/mol. The van der Waals surface area contributed by atoms with Crippen molar-refractivity contribution in [2.24, 2.45) is 0 Å². The van der Waals surface area contributed by atoms with Gasteiger partial charge in [0, 0.05) is 6.20 Å². The molecule has 0 aliphatic rings. The molecule has 5 nitrogen and oxygen atoms in total. The second kappa shape index (κ2) is 6.34. The second-order valence-corrected chi connectivity index (χ2v) is 4.12. The zero-order chi connectivity index (χ0) is 14.4. The van der Waals surface area contributed by atoms with Crippen LogP contribution in [0.15, 0.2) is 42.6 Å². The standard InChI is InChI=1S/C15H13N3O2/c1-20-13-4-2-3-11(7-13)8-15(19)18-14-6-5-12(9-16)10-17-14/h2-7,10H,8H2,1H3,(H,17,18,19). The van der Waals surface area contributed by atoms with E-state index in [0.29, 0.717) is 17.1 Å². The van der Waals surface area contributed by atoms with Crippen LogP contribution in [0.4, 0.5) is 5.82 Å². The highest BCUT2D eigenvalue weighted by atomic mass is 16.5. The van der Waals surface area contributed by atoms with E-state index in [1.807, 2.05) is 30.3 Å². The van der Waals surface area contributed by atoms with Crippen molar-refractivity contribution in [1.29, 1.82) is 5.26 Å². The molecule has 20 heavy (non-hydrogen) atoms. The predicted octanol–water partition coefficient (Wildman–Crippen LogP) is 2.14. The van der Waals surface area contributed by atoms with E-state index in [1.165, 1.54) is 6.20 Å². The minimum atomic E-state index is -0.171. The van der Waals surface area contributed by atoms with E-state index in [2.05, 4.69) is 10.3 Å². The van der Waals surface area contributed by atoms with Gasteiger partial charge >= 0.3 is 0 Å². The number of pyridine rings is 1. The van der Waals surface area contributed by atoms with E-state index in [4.69, 9.17) is 10.00 Å². The highest BCUT2D eigenvalue weighted by molar-refractivity contribution is 5.91. The average molecular weight is 267 g/mol. The van der Waals surface area contributed by atoms with Crippen LogP contribution < -0.4 is 10.1 Å². The maximum Gasteiger partial charge on any atom is 0.229 e. The molecule has 0 aliphatic carbocycles. The monoisotopic (exact) mass is 267 g/mol. The summed E-state index contributed by atoms with van der Waals surface area (Å²) in [7, 11) is 1.58. The van der Waals surface area contributed by atoms with Crippen molar-refractivity contribution in [3.05, 3.63) is 53.7 Å². The molecular formula is C15H13N3O2. The molecule has 1 amide bonds. The molecule has 1 N–H and O–H groups in total. The number of amides is 1. The van der Waals surface area contributed by atoms with E-state index in [9.17, 15) is 4.79 Å². The van der Waals surface area contributed by atoms with E-state index in [-0.39, 0.29) is 12.3 Å². The third-order valence-electron chi connectivity index (χ3n) is 2.66. The molecule has 0 bridgehead atoms. The van der Waals surface area contributed by atoms with Gasteiger partial charge in [0.2, 0.25) is 5.91 Å². The fourth-order valence-corrected chi connectivity index (χ4v) is 1.69. The molecule has 1 aromatic heterocycles. The van der Waals surface area contributed by atoms with Crippen molar-refractivity contribution < 1.29 is 9.53 Å². The predicted molar refractivity (Wildman–Crippen MR) is 74.3 cm³/mol. The Hall–Kier alpha value is -2.87. The number of ether oxygens (including phenoxy) is 1. The van der Waals surface area contributed by atoms with Gasteiger partial charge in [0.05, 0.1) is 19.1 Å². The average Bonchev–Trinajstić information content (AvgIpc) is 2.48. The first kappa shape index (κ1) is 13.6. The summed E-state index contributed by atoms with van der Waals surface area (Å²) in [6.07, 6.45) is 1.65. The van der Waals surface area contributed by atoms with E-state index < -0.39 is 0 Å². The molecule has 100 valence electrons. The number of anilines is 1. The Bertz CT molecular complexity index is 645. The number of nitriles is 1. The zero-order valence-corrected chi connectivity index (χ0v) is 11.0. The lowest BCUT2D eigenvalue weighted by atomic mass is 10.1. The minimum absolute atomic E-state index is 0.171. The first-order chi connectivity index (χ1) is 9.71. The van der Waals surface area contributed by atoms with Crippen LogP contribution in [0.5, 0.6) is 5.75 Å². The highest BCUT2D eigenvalue weighted by Gasteiger charge is 2.06. The Labute approximate surface area is 116 Å². The first-order valence-electron chi connectivity index (χ1n) is 6.00. The lowest BCUT2D eigenvalue weighted by Gasteiger charge is -2.06. The van der Waals surface area contributed by atoms with Gasteiger partial charge in [-0.05, 0) is 29.8 Å². The molecule has 2 rings (SSSR count). The van der Waals surface area contributed by atoms with Crippen LogP contribution >= 0.6 is 0 Å². The fourth-order valence-electron chi connectivity index (χ4n) is 1.69. The van der Waals surface area contributed by atoms with Crippen molar-refractivity contribution in [3.63, 3.8) is 0 Å². The van der Waals surface area contributed by atoms with Crippen LogP contribution in [0, 0.1) is 11.3 Å². The summed E-state index contributed by atoms with van der Waals surface area (Å²) < 4.78 is 5.11. The topological polar surface area (TPSA) is 75.0 Å².